The molecule has 2 atom stereocenters. The van der Waals surface area contributed by atoms with Crippen LogP contribution >= 0.6 is 22.9 Å². The van der Waals surface area contributed by atoms with E-state index in [1.807, 2.05) is 38.1 Å². The summed E-state index contributed by atoms with van der Waals surface area (Å²) in [6, 6.07) is 8.62. The minimum Gasteiger partial charge on any atom is -0.496 e. The molecule has 174 valence electrons. The summed E-state index contributed by atoms with van der Waals surface area (Å²) in [5, 5.41) is 1.32. The number of hydrogen-bond acceptors (Lipinski definition) is 4. The van der Waals surface area contributed by atoms with Crippen molar-refractivity contribution in [2.75, 3.05) is 7.11 Å². The number of halogens is 2. The van der Waals surface area contributed by atoms with E-state index in [2.05, 4.69) is 18.8 Å². The van der Waals surface area contributed by atoms with Crippen LogP contribution in [0.25, 0.3) is 11.3 Å². The van der Waals surface area contributed by atoms with E-state index < -0.39 is 6.04 Å². The molecule has 3 aromatic rings. The van der Waals surface area contributed by atoms with Gasteiger partial charge in [-0.15, -0.1) is 11.3 Å². The summed E-state index contributed by atoms with van der Waals surface area (Å²) in [6.07, 6.45) is 2.93. The first-order valence-corrected chi connectivity index (χ1v) is 12.3. The largest absolute Gasteiger partial charge is 0.496 e. The molecule has 3 rings (SSSR count). The van der Waals surface area contributed by atoms with E-state index in [-0.39, 0.29) is 11.7 Å². The molecule has 0 aliphatic rings. The van der Waals surface area contributed by atoms with Crippen molar-refractivity contribution in [3.05, 3.63) is 67.7 Å². The van der Waals surface area contributed by atoms with Crippen LogP contribution in [0.4, 0.5) is 4.39 Å². The van der Waals surface area contributed by atoms with Crippen LogP contribution in [0.1, 0.15) is 64.7 Å². The highest BCUT2D eigenvalue weighted by molar-refractivity contribution is 7.12. The Kier molecular flexibility index (Phi) is 8.53. The molecule has 1 heterocycles. The van der Waals surface area contributed by atoms with Crippen LogP contribution in [-0.4, -0.2) is 12.1 Å². The zero-order chi connectivity index (χ0) is 24.1. The fraction of sp³-hybridized carbons (Fsp3) is 0.370. The van der Waals surface area contributed by atoms with Crippen LogP contribution < -0.4 is 10.5 Å². The lowest BCUT2D eigenvalue weighted by atomic mass is 9.93. The van der Waals surface area contributed by atoms with E-state index >= 15 is 0 Å². The summed E-state index contributed by atoms with van der Waals surface area (Å²) in [4.78, 5) is 5.81. The minimum absolute atomic E-state index is 0.0645. The van der Waals surface area contributed by atoms with Gasteiger partial charge in [0.15, 0.2) is 0 Å². The second kappa shape index (κ2) is 11.2. The van der Waals surface area contributed by atoms with Gasteiger partial charge < -0.3 is 10.5 Å². The molecule has 0 aliphatic carbocycles. The molecule has 3 nitrogen and oxygen atoms in total. The molecule has 0 amide bonds. The highest BCUT2D eigenvalue weighted by Gasteiger charge is 2.18. The molecule has 2 aromatic carbocycles. The average Bonchev–Trinajstić information content (AvgIpc) is 3.18. The number of hydrogen-bond donors (Lipinski definition) is 1. The lowest BCUT2D eigenvalue weighted by Gasteiger charge is -2.12. The summed E-state index contributed by atoms with van der Waals surface area (Å²) in [5.41, 5.74) is 10.6. The second-order valence-corrected chi connectivity index (χ2v) is 9.87. The molecule has 1 aromatic heterocycles. The Labute approximate surface area is 205 Å². The van der Waals surface area contributed by atoms with Crippen LogP contribution in [0.15, 0.2) is 30.3 Å². The summed E-state index contributed by atoms with van der Waals surface area (Å²) in [7, 11) is 1.63. The third kappa shape index (κ3) is 5.95. The Morgan fingerprint density at radius 3 is 2.58 bits per heavy atom. The lowest BCUT2D eigenvalue weighted by Crippen LogP contribution is -2.08. The van der Waals surface area contributed by atoms with Gasteiger partial charge in [-0.2, -0.15) is 0 Å². The van der Waals surface area contributed by atoms with Crippen LogP contribution in [0.2, 0.25) is 5.02 Å². The molecule has 33 heavy (non-hydrogen) atoms. The molecule has 2 unspecified atom stereocenters. The molecule has 0 bridgehead atoms. The van der Waals surface area contributed by atoms with Gasteiger partial charge in [0.05, 0.1) is 17.8 Å². The maximum atomic E-state index is 14.1. The van der Waals surface area contributed by atoms with E-state index in [0.29, 0.717) is 10.6 Å². The Balaban J connectivity index is 1.89. The van der Waals surface area contributed by atoms with Crippen molar-refractivity contribution >= 4 is 22.9 Å². The number of methoxy groups -OCH3 is 1. The lowest BCUT2D eigenvalue weighted by molar-refractivity contribution is 0.412. The number of aryl methyl sites for hydroxylation is 3. The van der Waals surface area contributed by atoms with Crippen LogP contribution in [0.3, 0.4) is 0 Å². The number of benzene rings is 2. The van der Waals surface area contributed by atoms with Gasteiger partial charge in [-0.1, -0.05) is 55.3 Å². The fourth-order valence-corrected chi connectivity index (χ4v) is 4.80. The Bertz CT molecular complexity index is 1190. The smallest absolute Gasteiger partial charge is 0.126 e. The van der Waals surface area contributed by atoms with Crippen molar-refractivity contribution in [2.45, 2.75) is 58.9 Å². The predicted octanol–water partition coefficient (Wildman–Crippen LogP) is 7.51. The number of nitrogens with two attached hydrogens (primary N) is 1. The molecule has 0 radical (unpaired) electrons. The normalized spacial score (nSPS) is 12.7. The molecule has 0 spiro atoms. The second-order valence-electron chi connectivity index (χ2n) is 8.23. The van der Waals surface area contributed by atoms with Crippen molar-refractivity contribution in [2.24, 2.45) is 5.73 Å². The monoisotopic (exact) mass is 484 g/mol. The molecule has 0 saturated carbocycles. The average molecular weight is 485 g/mol. The summed E-state index contributed by atoms with van der Waals surface area (Å²) < 4.78 is 19.5. The van der Waals surface area contributed by atoms with Gasteiger partial charge in [-0.05, 0) is 62.1 Å². The van der Waals surface area contributed by atoms with E-state index in [4.69, 9.17) is 27.1 Å². The van der Waals surface area contributed by atoms with Gasteiger partial charge in [0.2, 0.25) is 0 Å². The third-order valence-corrected chi connectivity index (χ3v) is 7.04. The maximum Gasteiger partial charge on any atom is 0.126 e. The Morgan fingerprint density at radius 2 is 1.91 bits per heavy atom. The van der Waals surface area contributed by atoms with E-state index in [1.54, 1.807) is 20.1 Å². The van der Waals surface area contributed by atoms with E-state index in [9.17, 15) is 4.39 Å². The third-order valence-electron chi connectivity index (χ3n) is 5.68. The van der Waals surface area contributed by atoms with Gasteiger partial charge in [-0.25, -0.2) is 9.37 Å². The maximum absolute atomic E-state index is 14.1. The quantitative estimate of drug-likeness (QED) is 0.353. The topological polar surface area (TPSA) is 48.1 Å². The molecule has 0 aliphatic heterocycles. The SMILES string of the molecule is CCCCC(C#CC(N)c1nc(-c2cc(C)c(OC)cc2Cl)c(C)s1)c1ccc(C)c(F)c1. The number of aromatic nitrogens is 1. The van der Waals surface area contributed by atoms with Gasteiger partial charge >= 0.3 is 0 Å². The standard InChI is InChI=1S/C27H30ClFN2OS/c1-6-7-8-19(20-10-9-16(2)23(29)14-20)11-12-24(30)27-31-26(18(4)33-27)21-13-17(3)25(32-5)15-22(21)28/h9-10,13-15,19,24H,6-8,30H2,1-5H3. The Morgan fingerprint density at radius 1 is 1.15 bits per heavy atom. The molecular formula is C27H30ClFN2OS. The van der Waals surface area contributed by atoms with Crippen molar-refractivity contribution in [1.82, 2.24) is 4.98 Å². The number of nitrogens with zero attached hydrogens (tertiary/aromatic N) is 1. The number of rotatable bonds is 7. The summed E-state index contributed by atoms with van der Waals surface area (Å²) in [6.45, 7) is 7.88. The first kappa shape index (κ1) is 25.2. The molecule has 0 fully saturated rings. The minimum atomic E-state index is -0.528. The van der Waals surface area contributed by atoms with Crippen molar-refractivity contribution in [1.29, 1.82) is 0 Å². The highest BCUT2D eigenvalue weighted by atomic mass is 35.5. The van der Waals surface area contributed by atoms with Crippen LogP contribution in [0.5, 0.6) is 5.75 Å². The van der Waals surface area contributed by atoms with E-state index in [1.165, 1.54) is 11.3 Å². The zero-order valence-electron chi connectivity index (χ0n) is 19.8. The number of ether oxygens (including phenoxy) is 1. The van der Waals surface area contributed by atoms with Gasteiger partial charge in [0.25, 0.3) is 0 Å². The zero-order valence-corrected chi connectivity index (χ0v) is 21.3. The van der Waals surface area contributed by atoms with Crippen molar-refractivity contribution in [3.8, 4) is 28.8 Å². The van der Waals surface area contributed by atoms with Gasteiger partial charge in [0.1, 0.15) is 22.6 Å². The summed E-state index contributed by atoms with van der Waals surface area (Å²) in [5.74, 6) is 6.95. The number of thiazole rings is 1. The van der Waals surface area contributed by atoms with Crippen LogP contribution in [-0.2, 0) is 0 Å². The highest BCUT2D eigenvalue weighted by Crippen LogP contribution is 2.37. The van der Waals surface area contributed by atoms with Crippen molar-refractivity contribution in [3.63, 3.8) is 0 Å². The molecule has 0 saturated heterocycles. The van der Waals surface area contributed by atoms with E-state index in [0.717, 1.165) is 57.3 Å². The number of unbranched alkanes of at least 4 members (excludes halogenated alkanes) is 1. The van der Waals surface area contributed by atoms with Gasteiger partial charge in [0, 0.05) is 16.4 Å². The van der Waals surface area contributed by atoms with Gasteiger partial charge in [-0.3, -0.25) is 0 Å². The molecular weight excluding hydrogens is 455 g/mol. The van der Waals surface area contributed by atoms with Crippen molar-refractivity contribution < 1.29 is 9.13 Å². The first-order valence-electron chi connectivity index (χ1n) is 11.1. The predicted molar refractivity (Wildman–Crippen MR) is 137 cm³/mol. The fourth-order valence-electron chi connectivity index (χ4n) is 3.67. The molecule has 6 heteroatoms. The first-order chi connectivity index (χ1) is 15.7. The summed E-state index contributed by atoms with van der Waals surface area (Å²) >= 11 is 8.04. The Hall–Kier alpha value is -2.39. The van der Waals surface area contributed by atoms with Crippen LogP contribution in [0, 0.1) is 38.4 Å². The molecule has 2 N–H and O–H groups in total.